The van der Waals surface area contributed by atoms with Crippen LogP contribution in [0.2, 0.25) is 0 Å². The molecule has 4 rings (SSSR count). The number of rotatable bonds is 4. The third-order valence-corrected chi connectivity index (χ3v) is 6.53. The first kappa shape index (κ1) is 18.3. The number of hydrogen-bond acceptors (Lipinski definition) is 5. The number of pyridine rings is 1. The van der Waals surface area contributed by atoms with Gasteiger partial charge in [-0.25, -0.2) is 4.98 Å². The van der Waals surface area contributed by atoms with Gasteiger partial charge in [-0.1, -0.05) is 32.1 Å². The van der Waals surface area contributed by atoms with Crippen LogP contribution in [0.1, 0.15) is 57.8 Å². The van der Waals surface area contributed by atoms with Gasteiger partial charge in [0.2, 0.25) is 11.8 Å². The summed E-state index contributed by atoms with van der Waals surface area (Å²) in [7, 11) is 0. The zero-order chi connectivity index (χ0) is 18.6. The summed E-state index contributed by atoms with van der Waals surface area (Å²) in [4.78, 5) is 30.0. The number of imide groups is 1. The molecule has 2 aliphatic heterocycles. The molecule has 0 radical (unpaired) electrons. The van der Waals surface area contributed by atoms with Crippen LogP contribution in [0.3, 0.4) is 0 Å². The molecule has 146 valence electrons. The molecule has 27 heavy (non-hydrogen) atoms. The molecule has 1 aliphatic carbocycles. The van der Waals surface area contributed by atoms with Gasteiger partial charge in [0.25, 0.3) is 0 Å². The molecule has 3 aliphatic rings. The second-order valence-electron chi connectivity index (χ2n) is 8.27. The fourth-order valence-corrected chi connectivity index (χ4v) is 4.90. The van der Waals surface area contributed by atoms with Crippen molar-refractivity contribution in [2.75, 3.05) is 23.3 Å². The van der Waals surface area contributed by atoms with Gasteiger partial charge >= 0.3 is 0 Å². The third kappa shape index (κ3) is 4.42. The molecule has 1 atom stereocenters. The van der Waals surface area contributed by atoms with E-state index in [1.165, 1.54) is 44.9 Å². The van der Waals surface area contributed by atoms with E-state index < -0.39 is 0 Å². The van der Waals surface area contributed by atoms with E-state index in [9.17, 15) is 9.59 Å². The maximum atomic E-state index is 11.9. The molecule has 1 saturated carbocycles. The van der Waals surface area contributed by atoms with Crippen LogP contribution in [0.4, 0.5) is 11.5 Å². The van der Waals surface area contributed by atoms with Crippen molar-refractivity contribution in [1.82, 2.24) is 10.3 Å². The topological polar surface area (TPSA) is 74.3 Å². The predicted octanol–water partition coefficient (Wildman–Crippen LogP) is 3.10. The fourth-order valence-electron chi connectivity index (χ4n) is 4.90. The molecule has 0 bridgehead atoms. The van der Waals surface area contributed by atoms with E-state index >= 15 is 0 Å². The fraction of sp³-hybridized carbons (Fsp3) is 0.667. The number of hydrogen-bond donors (Lipinski definition) is 2. The maximum absolute atomic E-state index is 11.9. The third-order valence-electron chi connectivity index (χ3n) is 6.53. The minimum atomic E-state index is -0.382. The van der Waals surface area contributed by atoms with E-state index in [0.717, 1.165) is 30.6 Å². The maximum Gasteiger partial charge on any atom is 0.249 e. The number of amides is 2. The Balaban J connectivity index is 1.29. The van der Waals surface area contributed by atoms with Crippen molar-refractivity contribution in [2.24, 2.45) is 11.8 Å². The van der Waals surface area contributed by atoms with Crippen molar-refractivity contribution in [1.29, 1.82) is 0 Å². The summed E-state index contributed by atoms with van der Waals surface area (Å²) < 4.78 is 0. The summed E-state index contributed by atoms with van der Waals surface area (Å²) in [6.07, 6.45) is 12.5. The van der Waals surface area contributed by atoms with Gasteiger partial charge in [0.15, 0.2) is 0 Å². The Morgan fingerprint density at radius 1 is 0.963 bits per heavy atom. The van der Waals surface area contributed by atoms with E-state index in [2.05, 4.69) is 26.6 Å². The van der Waals surface area contributed by atoms with Crippen LogP contribution in [0.25, 0.3) is 0 Å². The molecule has 3 heterocycles. The molecular weight excluding hydrogens is 340 g/mol. The number of nitrogens with one attached hydrogen (secondary N) is 2. The molecule has 0 aromatic carbocycles. The van der Waals surface area contributed by atoms with Crippen molar-refractivity contribution in [3.63, 3.8) is 0 Å². The van der Waals surface area contributed by atoms with Crippen molar-refractivity contribution in [2.45, 2.75) is 63.8 Å². The molecule has 1 aromatic rings. The quantitative estimate of drug-likeness (QED) is 0.797. The van der Waals surface area contributed by atoms with Crippen LogP contribution in [0.15, 0.2) is 18.3 Å². The molecule has 2 amide bonds. The largest absolute Gasteiger partial charge is 0.370 e. The van der Waals surface area contributed by atoms with Crippen molar-refractivity contribution >= 4 is 23.3 Å². The van der Waals surface area contributed by atoms with Gasteiger partial charge < -0.3 is 10.2 Å². The lowest BCUT2D eigenvalue weighted by molar-refractivity contribution is -0.133. The number of carbonyl (C=O) groups is 2. The second kappa shape index (κ2) is 8.28. The van der Waals surface area contributed by atoms with Gasteiger partial charge in [-0.2, -0.15) is 0 Å². The highest BCUT2D eigenvalue weighted by molar-refractivity contribution is 6.01. The number of nitrogens with zero attached hydrogens (tertiary/aromatic N) is 2. The zero-order valence-corrected chi connectivity index (χ0v) is 16.0. The van der Waals surface area contributed by atoms with Gasteiger partial charge in [-0.05, 0) is 43.2 Å². The Kier molecular flexibility index (Phi) is 5.60. The van der Waals surface area contributed by atoms with Crippen LogP contribution in [0, 0.1) is 11.8 Å². The van der Waals surface area contributed by atoms with Gasteiger partial charge in [0.05, 0.1) is 11.9 Å². The number of anilines is 2. The molecule has 1 aromatic heterocycles. The van der Waals surface area contributed by atoms with E-state index in [1.807, 2.05) is 12.3 Å². The van der Waals surface area contributed by atoms with E-state index in [4.69, 9.17) is 0 Å². The van der Waals surface area contributed by atoms with Gasteiger partial charge in [-0.3, -0.25) is 14.9 Å². The highest BCUT2D eigenvalue weighted by Crippen LogP contribution is 2.36. The van der Waals surface area contributed by atoms with Crippen LogP contribution in [-0.4, -0.2) is 35.9 Å². The molecule has 2 N–H and O–H groups in total. The lowest BCUT2D eigenvalue weighted by Crippen LogP contribution is -2.47. The van der Waals surface area contributed by atoms with Crippen LogP contribution < -0.4 is 15.5 Å². The highest BCUT2D eigenvalue weighted by atomic mass is 16.2. The lowest BCUT2D eigenvalue weighted by Gasteiger charge is -2.38. The Morgan fingerprint density at radius 2 is 1.70 bits per heavy atom. The summed E-state index contributed by atoms with van der Waals surface area (Å²) in [6, 6.07) is 3.64. The van der Waals surface area contributed by atoms with Gasteiger partial charge in [-0.15, -0.1) is 0 Å². The first-order chi connectivity index (χ1) is 13.2. The number of piperidine rings is 2. The molecule has 0 spiro atoms. The standard InChI is InChI=1S/C21H30N4O2/c26-20-9-7-18(21(27)24-20)23-19-8-6-17(14-22-19)25-12-10-16(11-13-25)15-4-2-1-3-5-15/h6,8,14-16,18H,1-5,7,9-13H2,(H,22,23)(H,24,26,27). The SMILES string of the molecule is O=C1CCC(Nc2ccc(N3CCC(C4CCCCC4)CC3)cn2)C(=O)N1. The van der Waals surface area contributed by atoms with Gasteiger partial charge in [0, 0.05) is 19.5 Å². The number of carbonyl (C=O) groups excluding carboxylic acids is 2. The number of aromatic nitrogens is 1. The molecule has 1 unspecified atom stereocenters. The van der Waals surface area contributed by atoms with E-state index in [0.29, 0.717) is 18.7 Å². The van der Waals surface area contributed by atoms with Crippen LogP contribution in [0.5, 0.6) is 0 Å². The second-order valence-corrected chi connectivity index (χ2v) is 8.27. The van der Waals surface area contributed by atoms with Crippen LogP contribution in [-0.2, 0) is 9.59 Å². The lowest BCUT2D eigenvalue weighted by atomic mass is 9.76. The molecule has 3 fully saturated rings. The highest BCUT2D eigenvalue weighted by Gasteiger charge is 2.28. The smallest absolute Gasteiger partial charge is 0.249 e. The molecule has 6 nitrogen and oxygen atoms in total. The van der Waals surface area contributed by atoms with E-state index in [1.54, 1.807) is 0 Å². The first-order valence-corrected chi connectivity index (χ1v) is 10.5. The Morgan fingerprint density at radius 3 is 2.37 bits per heavy atom. The van der Waals surface area contributed by atoms with Crippen molar-refractivity contribution < 1.29 is 9.59 Å². The Bertz CT molecular complexity index is 661. The summed E-state index contributed by atoms with van der Waals surface area (Å²) in [6.45, 7) is 2.23. The first-order valence-electron chi connectivity index (χ1n) is 10.5. The predicted molar refractivity (Wildman–Crippen MR) is 106 cm³/mol. The summed E-state index contributed by atoms with van der Waals surface area (Å²) in [5.41, 5.74) is 1.16. The summed E-state index contributed by atoms with van der Waals surface area (Å²) in [5, 5.41) is 5.50. The monoisotopic (exact) mass is 370 g/mol. The van der Waals surface area contributed by atoms with Crippen molar-refractivity contribution in [3.05, 3.63) is 18.3 Å². The summed E-state index contributed by atoms with van der Waals surface area (Å²) in [5.74, 6) is 2.09. The molecule has 6 heteroatoms. The molecule has 2 saturated heterocycles. The van der Waals surface area contributed by atoms with Crippen molar-refractivity contribution in [3.8, 4) is 0 Å². The van der Waals surface area contributed by atoms with Gasteiger partial charge in [0.1, 0.15) is 11.9 Å². The van der Waals surface area contributed by atoms with E-state index in [-0.39, 0.29) is 17.9 Å². The Labute approximate surface area is 161 Å². The minimum Gasteiger partial charge on any atom is -0.370 e. The average molecular weight is 370 g/mol. The summed E-state index contributed by atoms with van der Waals surface area (Å²) >= 11 is 0. The average Bonchev–Trinajstić information content (AvgIpc) is 2.71. The Hall–Kier alpha value is -2.11. The normalized spacial score (nSPS) is 25.3. The zero-order valence-electron chi connectivity index (χ0n) is 16.0. The van der Waals surface area contributed by atoms with Crippen LogP contribution >= 0.6 is 0 Å². The molecular formula is C21H30N4O2. The minimum absolute atomic E-state index is 0.196.